The van der Waals surface area contributed by atoms with Crippen molar-refractivity contribution >= 4 is 16.8 Å². The van der Waals surface area contributed by atoms with Crippen molar-refractivity contribution in [2.24, 2.45) is 7.05 Å². The Kier molecular flexibility index (Phi) is 5.20. The number of aromatic nitrogens is 4. The number of amides is 1. The maximum atomic E-state index is 12.7. The van der Waals surface area contributed by atoms with Crippen LogP contribution in [0, 0.1) is 0 Å². The smallest absolute Gasteiger partial charge is 0.261 e. The van der Waals surface area contributed by atoms with Crippen LogP contribution in [-0.2, 0) is 18.4 Å². The molecule has 2 heterocycles. The molecule has 0 aliphatic heterocycles. The third kappa shape index (κ3) is 3.94. The summed E-state index contributed by atoms with van der Waals surface area (Å²) in [6, 6.07) is 16.5. The van der Waals surface area contributed by atoms with Gasteiger partial charge in [-0.25, -0.2) is 9.97 Å². The second-order valence-electron chi connectivity index (χ2n) is 6.82. The Bertz CT molecular complexity index is 1200. The molecule has 0 bridgehead atoms. The Balaban J connectivity index is 1.51. The first kappa shape index (κ1) is 18.6. The predicted molar refractivity (Wildman–Crippen MR) is 110 cm³/mol. The van der Waals surface area contributed by atoms with E-state index in [1.165, 1.54) is 10.9 Å². The van der Waals surface area contributed by atoms with Gasteiger partial charge in [0.15, 0.2) is 0 Å². The fourth-order valence-corrected chi connectivity index (χ4v) is 3.32. The molecular formula is C22H21N5O2. The Hall–Kier alpha value is -3.74. The van der Waals surface area contributed by atoms with Crippen LogP contribution in [0.15, 0.2) is 78.1 Å². The largest absolute Gasteiger partial charge is 0.342 e. The molecule has 7 heteroatoms. The summed E-state index contributed by atoms with van der Waals surface area (Å²) >= 11 is 0. The van der Waals surface area contributed by atoms with Gasteiger partial charge in [0, 0.05) is 32.4 Å². The highest BCUT2D eigenvalue weighted by Gasteiger charge is 2.20. The summed E-state index contributed by atoms with van der Waals surface area (Å²) in [6.45, 7) is 0.255. The lowest BCUT2D eigenvalue weighted by atomic mass is 10.1. The van der Waals surface area contributed by atoms with E-state index in [4.69, 9.17) is 0 Å². The Morgan fingerprint density at radius 2 is 1.83 bits per heavy atom. The zero-order valence-corrected chi connectivity index (χ0v) is 16.0. The molecule has 0 spiro atoms. The van der Waals surface area contributed by atoms with Crippen molar-refractivity contribution in [1.29, 1.82) is 0 Å². The van der Waals surface area contributed by atoms with Crippen LogP contribution in [0.1, 0.15) is 23.9 Å². The number of carbonyl (C=O) groups is 1. The highest BCUT2D eigenvalue weighted by atomic mass is 16.2. The van der Waals surface area contributed by atoms with Gasteiger partial charge in [0.2, 0.25) is 5.91 Å². The van der Waals surface area contributed by atoms with Gasteiger partial charge in [-0.15, -0.1) is 0 Å². The number of hydrogen-bond donors (Lipinski definition) is 1. The molecule has 1 N–H and O–H groups in total. The molecule has 1 unspecified atom stereocenters. The lowest BCUT2D eigenvalue weighted by Gasteiger charge is -2.19. The molecule has 4 rings (SSSR count). The summed E-state index contributed by atoms with van der Waals surface area (Å²) in [5.41, 5.74) is 1.45. The van der Waals surface area contributed by atoms with Crippen LogP contribution in [-0.4, -0.2) is 25.0 Å². The summed E-state index contributed by atoms with van der Waals surface area (Å²) < 4.78 is 3.36. The van der Waals surface area contributed by atoms with E-state index in [0.29, 0.717) is 10.9 Å². The maximum absolute atomic E-state index is 12.7. The summed E-state index contributed by atoms with van der Waals surface area (Å²) in [4.78, 5) is 34.0. The summed E-state index contributed by atoms with van der Waals surface area (Å²) in [6.07, 6.45) is 5.20. The Morgan fingerprint density at radius 3 is 2.59 bits per heavy atom. The number of imidazole rings is 1. The van der Waals surface area contributed by atoms with Gasteiger partial charge in [0.05, 0.1) is 17.2 Å². The summed E-state index contributed by atoms with van der Waals surface area (Å²) in [7, 11) is 1.89. The number of nitrogens with one attached hydrogen (secondary N) is 1. The van der Waals surface area contributed by atoms with Crippen molar-refractivity contribution in [1.82, 2.24) is 24.4 Å². The zero-order chi connectivity index (χ0) is 20.2. The zero-order valence-electron chi connectivity index (χ0n) is 16.0. The van der Waals surface area contributed by atoms with Crippen LogP contribution in [0.4, 0.5) is 0 Å². The van der Waals surface area contributed by atoms with Crippen LogP contribution >= 0.6 is 0 Å². The molecule has 0 saturated heterocycles. The van der Waals surface area contributed by atoms with Gasteiger partial charge in [-0.3, -0.25) is 14.2 Å². The van der Waals surface area contributed by atoms with Gasteiger partial charge in [-0.05, 0) is 17.7 Å². The third-order valence-corrected chi connectivity index (χ3v) is 4.87. The molecule has 0 saturated carbocycles. The topological polar surface area (TPSA) is 81.8 Å². The second-order valence-corrected chi connectivity index (χ2v) is 6.82. The van der Waals surface area contributed by atoms with Crippen LogP contribution < -0.4 is 10.9 Å². The molecular weight excluding hydrogens is 366 g/mol. The number of hydrogen-bond acceptors (Lipinski definition) is 4. The highest BCUT2D eigenvalue weighted by Crippen LogP contribution is 2.20. The van der Waals surface area contributed by atoms with E-state index in [1.807, 2.05) is 54.2 Å². The predicted octanol–water partition coefficient (Wildman–Crippen LogP) is 2.43. The van der Waals surface area contributed by atoms with Gasteiger partial charge in [0.25, 0.3) is 5.56 Å². The van der Waals surface area contributed by atoms with E-state index in [2.05, 4.69) is 15.3 Å². The number of nitrogens with zero attached hydrogens (tertiary/aromatic N) is 4. The third-order valence-electron chi connectivity index (χ3n) is 4.87. The summed E-state index contributed by atoms with van der Waals surface area (Å²) in [5, 5.41) is 3.59. The molecule has 0 aliphatic carbocycles. The average Bonchev–Trinajstić information content (AvgIpc) is 3.18. The van der Waals surface area contributed by atoms with Gasteiger partial charge in [0.1, 0.15) is 11.9 Å². The molecule has 7 nitrogen and oxygen atoms in total. The summed E-state index contributed by atoms with van der Waals surface area (Å²) in [5.74, 6) is 0.580. The van der Waals surface area contributed by atoms with E-state index in [0.717, 1.165) is 11.4 Å². The molecule has 0 radical (unpaired) electrons. The molecule has 146 valence electrons. The van der Waals surface area contributed by atoms with Crippen LogP contribution in [0.25, 0.3) is 10.9 Å². The number of carbonyl (C=O) groups excluding carboxylic acids is 1. The van der Waals surface area contributed by atoms with Crippen molar-refractivity contribution in [3.05, 3.63) is 95.1 Å². The highest BCUT2D eigenvalue weighted by molar-refractivity contribution is 5.78. The van der Waals surface area contributed by atoms with Crippen LogP contribution in [0.2, 0.25) is 0 Å². The lowest BCUT2D eigenvalue weighted by Crippen LogP contribution is -2.32. The van der Waals surface area contributed by atoms with Crippen molar-refractivity contribution in [2.75, 3.05) is 0 Å². The number of benzene rings is 2. The number of para-hydroxylation sites is 1. The van der Waals surface area contributed by atoms with Crippen LogP contribution in [0.5, 0.6) is 0 Å². The fourth-order valence-electron chi connectivity index (χ4n) is 3.32. The first-order valence-corrected chi connectivity index (χ1v) is 9.39. The molecule has 2 aromatic heterocycles. The Morgan fingerprint density at radius 1 is 1.07 bits per heavy atom. The quantitative estimate of drug-likeness (QED) is 0.551. The SMILES string of the molecule is Cn1ccnc1C(NC(=O)CCn1cnc2ccccc2c1=O)c1ccccc1. The van der Waals surface area contributed by atoms with Crippen LogP contribution in [0.3, 0.4) is 0 Å². The van der Waals surface area contributed by atoms with Gasteiger partial charge < -0.3 is 9.88 Å². The number of aryl methyl sites for hydroxylation is 2. The van der Waals surface area contributed by atoms with Gasteiger partial charge in [-0.2, -0.15) is 0 Å². The standard InChI is InChI=1S/C22H21N5O2/c1-26-14-12-23-21(26)20(16-7-3-2-4-8-16)25-19(28)11-13-27-15-24-18-10-6-5-9-17(18)22(27)29/h2-10,12,14-15,20H,11,13H2,1H3,(H,25,28). The first-order valence-electron chi connectivity index (χ1n) is 9.39. The van der Waals surface area contributed by atoms with Gasteiger partial charge >= 0.3 is 0 Å². The van der Waals surface area contributed by atoms with E-state index < -0.39 is 0 Å². The molecule has 4 aromatic rings. The Labute approximate surface area is 167 Å². The maximum Gasteiger partial charge on any atom is 0.261 e. The van der Waals surface area contributed by atoms with E-state index in [1.54, 1.807) is 24.4 Å². The minimum atomic E-state index is -0.366. The van der Waals surface area contributed by atoms with Crippen molar-refractivity contribution in [3.63, 3.8) is 0 Å². The van der Waals surface area contributed by atoms with E-state index >= 15 is 0 Å². The monoisotopic (exact) mass is 387 g/mol. The molecule has 2 aromatic carbocycles. The molecule has 29 heavy (non-hydrogen) atoms. The fraction of sp³-hybridized carbons (Fsp3) is 0.182. The number of rotatable bonds is 6. The minimum absolute atomic E-state index is 0.146. The van der Waals surface area contributed by atoms with Crippen molar-refractivity contribution in [3.8, 4) is 0 Å². The molecule has 1 atom stereocenters. The normalized spacial score (nSPS) is 12.0. The second kappa shape index (κ2) is 8.10. The molecule has 1 amide bonds. The lowest BCUT2D eigenvalue weighted by molar-refractivity contribution is -0.121. The minimum Gasteiger partial charge on any atom is -0.342 e. The van der Waals surface area contributed by atoms with Gasteiger partial charge in [-0.1, -0.05) is 42.5 Å². The average molecular weight is 387 g/mol. The van der Waals surface area contributed by atoms with Crippen molar-refractivity contribution in [2.45, 2.75) is 19.0 Å². The first-order chi connectivity index (χ1) is 14.1. The van der Waals surface area contributed by atoms with Crippen molar-refractivity contribution < 1.29 is 4.79 Å². The molecule has 0 aliphatic rings. The number of fused-ring (bicyclic) bond motifs is 1. The van der Waals surface area contributed by atoms with E-state index in [9.17, 15) is 9.59 Å². The van der Waals surface area contributed by atoms with E-state index in [-0.39, 0.29) is 30.5 Å². The molecule has 0 fully saturated rings.